The number of carbonyl (C=O) groups is 1. The second kappa shape index (κ2) is 9.05. The van der Waals surface area contributed by atoms with Crippen molar-refractivity contribution < 1.29 is 9.72 Å². The molecule has 1 N–H and O–H groups in total. The van der Waals surface area contributed by atoms with Gasteiger partial charge in [-0.05, 0) is 60.9 Å². The molecule has 2 aromatic rings. The highest BCUT2D eigenvalue weighted by molar-refractivity contribution is 7.99. The average molecular weight is 393 g/mol. The molecule has 5 nitrogen and oxygen atoms in total. The van der Waals surface area contributed by atoms with Crippen LogP contribution in [-0.2, 0) is 0 Å². The Morgan fingerprint density at radius 2 is 2.00 bits per heavy atom. The topological polar surface area (TPSA) is 72.2 Å². The number of anilines is 1. The number of benzene rings is 2. The van der Waals surface area contributed by atoms with Gasteiger partial charge in [-0.1, -0.05) is 25.4 Å². The van der Waals surface area contributed by atoms with Crippen LogP contribution < -0.4 is 5.32 Å². The maximum Gasteiger partial charge on any atom is 0.283 e. The van der Waals surface area contributed by atoms with Crippen molar-refractivity contribution in [1.29, 1.82) is 0 Å². The lowest BCUT2D eigenvalue weighted by atomic mass is 10.1. The molecule has 1 amide bonds. The first-order valence-corrected chi connectivity index (χ1v) is 9.63. The smallest absolute Gasteiger partial charge is 0.283 e. The van der Waals surface area contributed by atoms with E-state index in [0.29, 0.717) is 21.5 Å². The maximum absolute atomic E-state index is 12.5. The van der Waals surface area contributed by atoms with Gasteiger partial charge in [0.15, 0.2) is 0 Å². The van der Waals surface area contributed by atoms with Crippen molar-refractivity contribution in [2.45, 2.75) is 32.1 Å². The molecule has 0 aliphatic heterocycles. The lowest BCUT2D eigenvalue weighted by molar-refractivity contribution is -0.387. The Hall–Kier alpha value is -2.05. The summed E-state index contributed by atoms with van der Waals surface area (Å²) in [5.41, 5.74) is 1.65. The number of amides is 1. The van der Waals surface area contributed by atoms with E-state index in [0.717, 1.165) is 17.7 Å². The molecule has 2 rings (SSSR count). The van der Waals surface area contributed by atoms with Crippen LogP contribution in [0.2, 0.25) is 5.02 Å². The maximum atomic E-state index is 12.5. The van der Waals surface area contributed by atoms with E-state index in [2.05, 4.69) is 19.2 Å². The molecule has 0 bridgehead atoms. The van der Waals surface area contributed by atoms with Crippen LogP contribution in [0.1, 0.15) is 36.2 Å². The van der Waals surface area contributed by atoms with E-state index in [9.17, 15) is 14.9 Å². The molecule has 0 aliphatic carbocycles. The fraction of sp³-hybridized carbons (Fsp3) is 0.316. The van der Waals surface area contributed by atoms with Crippen molar-refractivity contribution in [3.63, 3.8) is 0 Å². The lowest BCUT2D eigenvalue weighted by Crippen LogP contribution is -2.13. The number of nitro groups is 1. The summed E-state index contributed by atoms with van der Waals surface area (Å²) in [6, 6.07) is 9.73. The van der Waals surface area contributed by atoms with Crippen LogP contribution in [0.25, 0.3) is 0 Å². The molecule has 2 aromatic carbocycles. The second-order valence-electron chi connectivity index (χ2n) is 6.38. The highest BCUT2D eigenvalue weighted by atomic mass is 35.5. The second-order valence-corrected chi connectivity index (χ2v) is 7.96. The summed E-state index contributed by atoms with van der Waals surface area (Å²) < 4.78 is 0. The van der Waals surface area contributed by atoms with Gasteiger partial charge < -0.3 is 5.32 Å². The molecule has 0 radical (unpaired) electrons. The Kier molecular flexibility index (Phi) is 7.06. The number of nitro benzene ring substituents is 1. The zero-order valence-electron chi connectivity index (χ0n) is 14.9. The first-order valence-electron chi connectivity index (χ1n) is 8.26. The number of rotatable bonds is 7. The summed E-state index contributed by atoms with van der Waals surface area (Å²) in [5, 5.41) is 14.7. The standard InChI is InChI=1S/C19H21ClN2O3S/c1-12(2)8-9-26-18-7-4-14(11-17(18)22(24)25)19(23)21-16-6-5-15(20)10-13(16)3/h4-7,10-12H,8-9H2,1-3H3,(H,21,23). The summed E-state index contributed by atoms with van der Waals surface area (Å²) in [7, 11) is 0. The number of aryl methyl sites for hydroxylation is 1. The van der Waals surface area contributed by atoms with E-state index < -0.39 is 10.8 Å². The summed E-state index contributed by atoms with van der Waals surface area (Å²) in [5.74, 6) is 0.945. The predicted molar refractivity (Wildman–Crippen MR) is 107 cm³/mol. The SMILES string of the molecule is Cc1cc(Cl)ccc1NC(=O)c1ccc(SCCC(C)C)c([N+](=O)[O-])c1. The molecule has 138 valence electrons. The number of carbonyl (C=O) groups excluding carboxylic acids is 1. The van der Waals surface area contributed by atoms with E-state index in [1.165, 1.54) is 17.8 Å². The van der Waals surface area contributed by atoms with Gasteiger partial charge in [-0.3, -0.25) is 14.9 Å². The number of hydrogen-bond donors (Lipinski definition) is 1. The van der Waals surface area contributed by atoms with Gasteiger partial charge in [0.2, 0.25) is 0 Å². The van der Waals surface area contributed by atoms with Crippen LogP contribution in [0.15, 0.2) is 41.3 Å². The molecule has 0 fully saturated rings. The van der Waals surface area contributed by atoms with Crippen LogP contribution in [0.4, 0.5) is 11.4 Å². The van der Waals surface area contributed by atoms with Crippen LogP contribution in [0.5, 0.6) is 0 Å². The monoisotopic (exact) mass is 392 g/mol. The minimum Gasteiger partial charge on any atom is -0.322 e. The molecular formula is C19H21ClN2O3S. The third kappa shape index (κ3) is 5.47. The minimum atomic E-state index is -0.442. The minimum absolute atomic E-state index is 0.0424. The summed E-state index contributed by atoms with van der Waals surface area (Å²) in [4.78, 5) is 24.0. The molecule has 0 unspecified atom stereocenters. The Balaban J connectivity index is 2.19. The van der Waals surface area contributed by atoms with E-state index in [1.54, 1.807) is 30.3 Å². The van der Waals surface area contributed by atoms with Crippen molar-refractivity contribution in [2.24, 2.45) is 5.92 Å². The fourth-order valence-electron chi connectivity index (χ4n) is 2.29. The number of nitrogens with zero attached hydrogens (tertiary/aromatic N) is 1. The van der Waals surface area contributed by atoms with Crippen molar-refractivity contribution in [3.05, 3.63) is 62.7 Å². The van der Waals surface area contributed by atoms with Gasteiger partial charge in [-0.25, -0.2) is 0 Å². The van der Waals surface area contributed by atoms with Crippen LogP contribution in [-0.4, -0.2) is 16.6 Å². The van der Waals surface area contributed by atoms with Gasteiger partial charge in [0.1, 0.15) is 0 Å². The van der Waals surface area contributed by atoms with E-state index in [1.807, 2.05) is 6.92 Å². The van der Waals surface area contributed by atoms with E-state index in [4.69, 9.17) is 11.6 Å². The lowest BCUT2D eigenvalue weighted by Gasteiger charge is -2.10. The molecule has 0 aliphatic rings. The summed E-state index contributed by atoms with van der Waals surface area (Å²) in [6.07, 6.45) is 0.972. The van der Waals surface area contributed by atoms with Gasteiger partial charge in [-0.15, -0.1) is 11.8 Å². The van der Waals surface area contributed by atoms with Crippen LogP contribution in [0, 0.1) is 23.0 Å². The third-order valence-electron chi connectivity index (χ3n) is 3.81. The van der Waals surface area contributed by atoms with Gasteiger partial charge in [0.25, 0.3) is 11.6 Å². The zero-order chi connectivity index (χ0) is 19.3. The predicted octanol–water partition coefficient (Wildman–Crippen LogP) is 5.95. The quantitative estimate of drug-likeness (QED) is 0.359. The zero-order valence-corrected chi connectivity index (χ0v) is 16.5. The largest absolute Gasteiger partial charge is 0.322 e. The normalized spacial score (nSPS) is 10.8. The molecule has 0 spiro atoms. The Morgan fingerprint density at radius 1 is 1.27 bits per heavy atom. The number of thioether (sulfide) groups is 1. The summed E-state index contributed by atoms with van der Waals surface area (Å²) in [6.45, 7) is 6.06. The molecule has 0 saturated carbocycles. The highest BCUT2D eigenvalue weighted by Gasteiger charge is 2.18. The van der Waals surface area contributed by atoms with Gasteiger partial charge >= 0.3 is 0 Å². The molecule has 26 heavy (non-hydrogen) atoms. The van der Waals surface area contributed by atoms with Crippen LogP contribution >= 0.6 is 23.4 Å². The summed E-state index contributed by atoms with van der Waals surface area (Å²) >= 11 is 7.36. The first-order chi connectivity index (χ1) is 12.3. The first kappa shape index (κ1) is 20.3. The number of hydrogen-bond acceptors (Lipinski definition) is 4. The number of halogens is 1. The fourth-order valence-corrected chi connectivity index (χ4v) is 3.77. The Morgan fingerprint density at radius 3 is 2.62 bits per heavy atom. The molecular weight excluding hydrogens is 372 g/mol. The molecule has 0 aromatic heterocycles. The molecule has 0 heterocycles. The average Bonchev–Trinajstić information content (AvgIpc) is 2.57. The highest BCUT2D eigenvalue weighted by Crippen LogP contribution is 2.31. The Labute approximate surface area is 162 Å². The molecule has 7 heteroatoms. The van der Waals surface area contributed by atoms with Gasteiger partial charge in [0.05, 0.1) is 9.82 Å². The third-order valence-corrected chi connectivity index (χ3v) is 5.14. The van der Waals surface area contributed by atoms with Crippen molar-refractivity contribution in [2.75, 3.05) is 11.1 Å². The van der Waals surface area contributed by atoms with E-state index >= 15 is 0 Å². The Bertz CT molecular complexity index is 824. The van der Waals surface area contributed by atoms with Crippen molar-refractivity contribution >= 4 is 40.6 Å². The molecule has 0 saturated heterocycles. The van der Waals surface area contributed by atoms with Crippen molar-refractivity contribution in [3.8, 4) is 0 Å². The number of nitrogens with one attached hydrogen (secondary N) is 1. The van der Waals surface area contributed by atoms with Gasteiger partial charge in [-0.2, -0.15) is 0 Å². The molecule has 0 atom stereocenters. The van der Waals surface area contributed by atoms with E-state index in [-0.39, 0.29) is 11.3 Å². The van der Waals surface area contributed by atoms with Gasteiger partial charge in [0, 0.05) is 22.3 Å². The van der Waals surface area contributed by atoms with Crippen LogP contribution in [0.3, 0.4) is 0 Å². The van der Waals surface area contributed by atoms with Crippen molar-refractivity contribution in [1.82, 2.24) is 0 Å².